The minimum Gasteiger partial charge on any atom is -0.370 e. The van der Waals surface area contributed by atoms with E-state index in [9.17, 15) is 9.18 Å². The quantitative estimate of drug-likeness (QED) is 0.773. The molecule has 4 heteroatoms. The van der Waals surface area contributed by atoms with Crippen molar-refractivity contribution in [1.82, 2.24) is 0 Å². The van der Waals surface area contributed by atoms with Crippen LogP contribution in [-0.2, 0) is 16.0 Å². The summed E-state index contributed by atoms with van der Waals surface area (Å²) >= 11 is 5.76. The highest BCUT2D eigenvalue weighted by Crippen LogP contribution is 2.32. The molecule has 0 atom stereocenters. The van der Waals surface area contributed by atoms with Crippen molar-refractivity contribution in [2.45, 2.75) is 50.5 Å². The van der Waals surface area contributed by atoms with E-state index in [1.54, 1.807) is 13.2 Å². The summed E-state index contributed by atoms with van der Waals surface area (Å²) < 4.78 is 18.7. The van der Waals surface area contributed by atoms with Gasteiger partial charge in [-0.3, -0.25) is 4.79 Å². The molecule has 1 aliphatic rings. The second-order valence-corrected chi connectivity index (χ2v) is 5.87. The van der Waals surface area contributed by atoms with Gasteiger partial charge in [0.15, 0.2) is 5.78 Å². The summed E-state index contributed by atoms with van der Waals surface area (Å²) in [5.41, 5.74) is 0.0687. The molecule has 1 fully saturated rings. The topological polar surface area (TPSA) is 26.3 Å². The number of carbonyl (C=O) groups is 1. The summed E-state index contributed by atoms with van der Waals surface area (Å²) in [6.45, 7) is 0. The molecule has 1 saturated carbocycles. The first-order valence-corrected chi connectivity index (χ1v) is 7.47. The van der Waals surface area contributed by atoms with Gasteiger partial charge in [0.1, 0.15) is 11.4 Å². The minimum atomic E-state index is -0.669. The van der Waals surface area contributed by atoms with Crippen LogP contribution in [0.15, 0.2) is 18.2 Å². The standard InChI is InChI=1S/C16H20ClFO2/c1-20-16(8-4-2-3-5-9-16)15(19)11-12-6-7-14(18)13(17)10-12/h6-7,10H,2-5,8-9,11H2,1H3. The second kappa shape index (κ2) is 6.68. The molecule has 0 aromatic heterocycles. The number of benzene rings is 1. The molecule has 20 heavy (non-hydrogen) atoms. The van der Waals surface area contributed by atoms with Crippen LogP contribution in [0.25, 0.3) is 0 Å². The first-order chi connectivity index (χ1) is 9.57. The number of carbonyl (C=O) groups excluding carboxylic acids is 1. The Morgan fingerprint density at radius 3 is 2.50 bits per heavy atom. The van der Waals surface area contributed by atoms with Crippen LogP contribution in [0, 0.1) is 5.82 Å². The maximum atomic E-state index is 13.1. The summed E-state index contributed by atoms with van der Waals surface area (Å²) in [5, 5.41) is 0.0580. The molecule has 110 valence electrons. The van der Waals surface area contributed by atoms with Crippen molar-refractivity contribution in [3.63, 3.8) is 0 Å². The van der Waals surface area contributed by atoms with Gasteiger partial charge in [-0.1, -0.05) is 43.4 Å². The van der Waals surface area contributed by atoms with Gasteiger partial charge in [0, 0.05) is 13.5 Å². The number of ether oxygens (including phenoxy) is 1. The van der Waals surface area contributed by atoms with Gasteiger partial charge in [0.05, 0.1) is 5.02 Å². The summed E-state index contributed by atoms with van der Waals surface area (Å²) in [5.74, 6) is -0.386. The Hall–Kier alpha value is -0.930. The van der Waals surface area contributed by atoms with E-state index in [2.05, 4.69) is 0 Å². The Morgan fingerprint density at radius 2 is 1.95 bits per heavy atom. The van der Waals surface area contributed by atoms with E-state index in [1.165, 1.54) is 12.1 Å². The lowest BCUT2D eigenvalue weighted by atomic mass is 9.86. The van der Waals surface area contributed by atoms with Gasteiger partial charge in [0.2, 0.25) is 0 Å². The molecule has 0 amide bonds. The predicted molar refractivity (Wildman–Crippen MR) is 77.6 cm³/mol. The second-order valence-electron chi connectivity index (χ2n) is 5.46. The Kier molecular flexibility index (Phi) is 5.17. The molecule has 0 radical (unpaired) electrons. The molecule has 0 aliphatic heterocycles. The number of halogens is 2. The van der Waals surface area contributed by atoms with Crippen molar-refractivity contribution >= 4 is 17.4 Å². The number of ketones is 1. The Labute approximate surface area is 124 Å². The monoisotopic (exact) mass is 298 g/mol. The van der Waals surface area contributed by atoms with E-state index >= 15 is 0 Å². The molecule has 1 aliphatic carbocycles. The zero-order chi connectivity index (χ0) is 14.6. The van der Waals surface area contributed by atoms with Crippen LogP contribution < -0.4 is 0 Å². The summed E-state index contributed by atoms with van der Waals surface area (Å²) in [7, 11) is 1.61. The van der Waals surface area contributed by atoms with E-state index in [0.717, 1.165) is 44.1 Å². The molecule has 0 bridgehead atoms. The van der Waals surface area contributed by atoms with Crippen molar-refractivity contribution in [3.05, 3.63) is 34.6 Å². The van der Waals surface area contributed by atoms with Crippen LogP contribution in [-0.4, -0.2) is 18.5 Å². The fraction of sp³-hybridized carbons (Fsp3) is 0.562. The maximum Gasteiger partial charge on any atom is 0.168 e. The van der Waals surface area contributed by atoms with E-state index < -0.39 is 11.4 Å². The summed E-state index contributed by atoms with van der Waals surface area (Å²) in [6, 6.07) is 4.44. The molecule has 2 nitrogen and oxygen atoms in total. The molecule has 2 rings (SSSR count). The zero-order valence-electron chi connectivity index (χ0n) is 11.8. The minimum absolute atomic E-state index is 0.0580. The van der Waals surface area contributed by atoms with E-state index in [0.29, 0.717) is 0 Å². The number of methoxy groups -OCH3 is 1. The molecule has 0 saturated heterocycles. The number of hydrogen-bond donors (Lipinski definition) is 0. The van der Waals surface area contributed by atoms with Gasteiger partial charge >= 0.3 is 0 Å². The molecule has 1 aromatic rings. The Balaban J connectivity index is 2.14. The normalized spacial score (nSPS) is 18.6. The summed E-state index contributed by atoms with van der Waals surface area (Å²) in [4.78, 5) is 12.6. The predicted octanol–water partition coefficient (Wildman–Crippen LogP) is 4.33. The summed E-state index contributed by atoms with van der Waals surface area (Å²) in [6.07, 6.45) is 6.14. The third-order valence-corrected chi connectivity index (χ3v) is 4.45. The molecule has 0 spiro atoms. The molecule has 0 heterocycles. The highest BCUT2D eigenvalue weighted by atomic mass is 35.5. The van der Waals surface area contributed by atoms with Crippen molar-refractivity contribution < 1.29 is 13.9 Å². The average molecular weight is 299 g/mol. The molecule has 0 unspecified atom stereocenters. The largest absolute Gasteiger partial charge is 0.370 e. The van der Waals surface area contributed by atoms with Crippen molar-refractivity contribution in [2.75, 3.05) is 7.11 Å². The fourth-order valence-electron chi connectivity index (χ4n) is 2.89. The molecule has 0 N–H and O–H groups in total. The highest BCUT2D eigenvalue weighted by Gasteiger charge is 2.37. The number of rotatable bonds is 4. The third kappa shape index (κ3) is 3.39. The lowest BCUT2D eigenvalue weighted by molar-refractivity contribution is -0.142. The first-order valence-electron chi connectivity index (χ1n) is 7.10. The van der Waals surface area contributed by atoms with E-state index in [4.69, 9.17) is 16.3 Å². The van der Waals surface area contributed by atoms with Crippen molar-refractivity contribution in [1.29, 1.82) is 0 Å². The smallest absolute Gasteiger partial charge is 0.168 e. The molecule has 1 aromatic carbocycles. The van der Waals surface area contributed by atoms with Gasteiger partial charge in [-0.2, -0.15) is 0 Å². The third-order valence-electron chi connectivity index (χ3n) is 4.16. The van der Waals surface area contributed by atoms with Crippen molar-refractivity contribution in [3.8, 4) is 0 Å². The number of Topliss-reactive ketones (excluding diaryl/α,β-unsaturated/α-hetero) is 1. The fourth-order valence-corrected chi connectivity index (χ4v) is 3.10. The highest BCUT2D eigenvalue weighted by molar-refractivity contribution is 6.30. The van der Waals surface area contributed by atoms with Crippen LogP contribution in [0.1, 0.15) is 44.1 Å². The van der Waals surface area contributed by atoms with Gasteiger partial charge in [-0.05, 0) is 30.5 Å². The SMILES string of the molecule is COC1(C(=O)Cc2ccc(F)c(Cl)c2)CCCCCC1. The lowest BCUT2D eigenvalue weighted by Crippen LogP contribution is -2.41. The Morgan fingerprint density at radius 1 is 1.30 bits per heavy atom. The average Bonchev–Trinajstić information content (AvgIpc) is 2.69. The van der Waals surface area contributed by atoms with Gasteiger partial charge in [-0.15, -0.1) is 0 Å². The van der Waals surface area contributed by atoms with Crippen LogP contribution in [0.4, 0.5) is 4.39 Å². The molecular formula is C16H20ClFO2. The van der Waals surface area contributed by atoms with Gasteiger partial charge < -0.3 is 4.74 Å². The van der Waals surface area contributed by atoms with Crippen LogP contribution in [0.3, 0.4) is 0 Å². The zero-order valence-corrected chi connectivity index (χ0v) is 12.5. The van der Waals surface area contributed by atoms with Crippen LogP contribution in [0.2, 0.25) is 5.02 Å². The maximum absolute atomic E-state index is 13.1. The lowest BCUT2D eigenvalue weighted by Gasteiger charge is -2.29. The Bertz CT molecular complexity index is 479. The van der Waals surface area contributed by atoms with E-state index in [1.807, 2.05) is 0 Å². The van der Waals surface area contributed by atoms with Crippen LogP contribution in [0.5, 0.6) is 0 Å². The van der Waals surface area contributed by atoms with Gasteiger partial charge in [0.25, 0.3) is 0 Å². The number of hydrogen-bond acceptors (Lipinski definition) is 2. The van der Waals surface area contributed by atoms with Gasteiger partial charge in [-0.25, -0.2) is 4.39 Å². The van der Waals surface area contributed by atoms with E-state index in [-0.39, 0.29) is 17.2 Å². The first kappa shape index (κ1) is 15.5. The van der Waals surface area contributed by atoms with Crippen LogP contribution >= 0.6 is 11.6 Å². The van der Waals surface area contributed by atoms with Crippen molar-refractivity contribution in [2.24, 2.45) is 0 Å². The molecular weight excluding hydrogens is 279 g/mol.